The summed E-state index contributed by atoms with van der Waals surface area (Å²) in [5.74, 6) is 0.471. The minimum Gasteiger partial charge on any atom is -0.359 e. The summed E-state index contributed by atoms with van der Waals surface area (Å²) < 4.78 is 0. The molecule has 0 saturated carbocycles. The normalized spacial score (nSPS) is 20.0. The van der Waals surface area contributed by atoms with E-state index in [0.717, 1.165) is 28.8 Å². The summed E-state index contributed by atoms with van der Waals surface area (Å²) in [5.41, 5.74) is 8.86. The molecule has 1 unspecified atom stereocenters. The number of aromatic nitrogens is 1. The molecule has 3 N–H and O–H groups in total. The van der Waals surface area contributed by atoms with Gasteiger partial charge in [-0.2, -0.15) is 0 Å². The Morgan fingerprint density at radius 1 is 1.44 bits per heavy atom. The molecule has 1 atom stereocenters. The van der Waals surface area contributed by atoms with Crippen LogP contribution in [0.3, 0.4) is 0 Å². The summed E-state index contributed by atoms with van der Waals surface area (Å²) in [4.78, 5) is 17.1. The summed E-state index contributed by atoms with van der Waals surface area (Å²) in [5, 5.41) is 1.15. The number of fused-ring (bicyclic) bond motifs is 1. The lowest BCUT2D eigenvalue weighted by molar-refractivity contribution is -0.117. The Hall–Kier alpha value is -1.81. The van der Waals surface area contributed by atoms with Gasteiger partial charge < -0.3 is 15.6 Å². The highest BCUT2D eigenvalue weighted by molar-refractivity contribution is 5.98. The molecule has 0 spiro atoms. The van der Waals surface area contributed by atoms with Crippen LogP contribution in [0.1, 0.15) is 12.1 Å². The molecule has 94 valence electrons. The van der Waals surface area contributed by atoms with Crippen LogP contribution in [0.25, 0.3) is 10.9 Å². The topological polar surface area (TPSA) is 62.1 Å². The number of carbonyl (C=O) groups excluding carboxylic acids is 1. The predicted molar refractivity (Wildman–Crippen MR) is 72.6 cm³/mol. The van der Waals surface area contributed by atoms with Gasteiger partial charge in [0.25, 0.3) is 0 Å². The lowest BCUT2D eigenvalue weighted by atomic mass is 10.1. The number of nitrogens with zero attached hydrogens (tertiary/aromatic N) is 1. The zero-order valence-electron chi connectivity index (χ0n) is 10.4. The fraction of sp³-hybridized carbons (Fsp3) is 0.357. The van der Waals surface area contributed by atoms with Gasteiger partial charge in [0, 0.05) is 35.2 Å². The molecule has 2 aromatic rings. The van der Waals surface area contributed by atoms with Crippen molar-refractivity contribution in [3.8, 4) is 0 Å². The van der Waals surface area contributed by atoms with E-state index in [2.05, 4.69) is 17.1 Å². The smallest absolute Gasteiger partial charge is 0.227 e. The van der Waals surface area contributed by atoms with Gasteiger partial charge in [-0.25, -0.2) is 0 Å². The Morgan fingerprint density at radius 2 is 2.28 bits per heavy atom. The van der Waals surface area contributed by atoms with Crippen molar-refractivity contribution in [2.75, 3.05) is 18.0 Å². The third-order valence-corrected chi connectivity index (χ3v) is 3.59. The van der Waals surface area contributed by atoms with Gasteiger partial charge in [-0.1, -0.05) is 0 Å². The minimum absolute atomic E-state index is 0.178. The van der Waals surface area contributed by atoms with Crippen molar-refractivity contribution in [1.82, 2.24) is 4.98 Å². The van der Waals surface area contributed by atoms with E-state index < -0.39 is 0 Å². The van der Waals surface area contributed by atoms with Crippen LogP contribution < -0.4 is 10.6 Å². The summed E-state index contributed by atoms with van der Waals surface area (Å²) in [7, 11) is 0. The van der Waals surface area contributed by atoms with E-state index in [0.29, 0.717) is 18.9 Å². The molecule has 4 nitrogen and oxygen atoms in total. The number of hydrogen-bond donors (Lipinski definition) is 2. The second-order valence-electron chi connectivity index (χ2n) is 5.03. The molecule has 1 fully saturated rings. The number of benzene rings is 1. The van der Waals surface area contributed by atoms with Crippen LogP contribution in [0.4, 0.5) is 5.69 Å². The number of anilines is 1. The Kier molecular flexibility index (Phi) is 2.59. The number of nitrogens with one attached hydrogen (secondary N) is 1. The average Bonchev–Trinajstić information content (AvgIpc) is 2.89. The fourth-order valence-corrected chi connectivity index (χ4v) is 2.62. The van der Waals surface area contributed by atoms with Gasteiger partial charge in [0.1, 0.15) is 0 Å². The second-order valence-corrected chi connectivity index (χ2v) is 5.03. The molecule has 1 aromatic carbocycles. The van der Waals surface area contributed by atoms with Crippen molar-refractivity contribution in [2.45, 2.75) is 13.3 Å². The molecule has 0 aliphatic carbocycles. The first kappa shape index (κ1) is 11.3. The molecule has 1 aliphatic heterocycles. The average molecular weight is 243 g/mol. The number of H-pyrrole nitrogens is 1. The molecule has 0 bridgehead atoms. The number of amides is 1. The van der Waals surface area contributed by atoms with Crippen molar-refractivity contribution in [2.24, 2.45) is 11.7 Å². The highest BCUT2D eigenvalue weighted by atomic mass is 16.2. The lowest BCUT2D eigenvalue weighted by Gasteiger charge is -2.16. The maximum absolute atomic E-state index is 11.9. The van der Waals surface area contributed by atoms with Crippen LogP contribution in [0.15, 0.2) is 24.3 Å². The Bertz CT molecular complexity index is 602. The molecule has 1 saturated heterocycles. The number of nitrogens with two attached hydrogens (primary N) is 1. The molecule has 18 heavy (non-hydrogen) atoms. The highest BCUT2D eigenvalue weighted by Crippen LogP contribution is 2.27. The monoisotopic (exact) mass is 243 g/mol. The van der Waals surface area contributed by atoms with Crippen molar-refractivity contribution in [3.63, 3.8) is 0 Å². The van der Waals surface area contributed by atoms with E-state index >= 15 is 0 Å². The summed E-state index contributed by atoms with van der Waals surface area (Å²) >= 11 is 0. The van der Waals surface area contributed by atoms with Crippen LogP contribution in [-0.2, 0) is 4.79 Å². The summed E-state index contributed by atoms with van der Waals surface area (Å²) in [6.07, 6.45) is 0.570. The molecule has 1 amide bonds. The summed E-state index contributed by atoms with van der Waals surface area (Å²) in [6.45, 7) is 3.35. The van der Waals surface area contributed by atoms with Gasteiger partial charge in [0.2, 0.25) is 5.91 Å². The Morgan fingerprint density at radius 3 is 3.00 bits per heavy atom. The SMILES string of the molecule is Cc1cc2cc(N3CC(CN)CC3=O)ccc2[nH]1. The van der Waals surface area contributed by atoms with Crippen LogP contribution in [0.2, 0.25) is 0 Å². The third-order valence-electron chi connectivity index (χ3n) is 3.59. The largest absolute Gasteiger partial charge is 0.359 e. The van der Waals surface area contributed by atoms with Gasteiger partial charge in [0.05, 0.1) is 0 Å². The van der Waals surface area contributed by atoms with Crippen LogP contribution in [0.5, 0.6) is 0 Å². The van der Waals surface area contributed by atoms with Crippen molar-refractivity contribution in [1.29, 1.82) is 0 Å². The molecule has 1 aliphatic rings. The van der Waals surface area contributed by atoms with Gasteiger partial charge in [-0.05, 0) is 43.7 Å². The standard InChI is InChI=1S/C14H17N3O/c1-9-4-11-6-12(2-3-13(11)16-9)17-8-10(7-15)5-14(17)18/h2-4,6,10,16H,5,7-8,15H2,1H3. The first-order chi connectivity index (χ1) is 8.67. The van der Waals surface area contributed by atoms with Crippen LogP contribution in [0, 0.1) is 12.8 Å². The Labute approximate surface area is 106 Å². The number of carbonyl (C=O) groups is 1. The first-order valence-electron chi connectivity index (χ1n) is 6.27. The molecule has 3 rings (SSSR count). The summed E-state index contributed by atoms with van der Waals surface area (Å²) in [6, 6.07) is 8.19. The van der Waals surface area contributed by atoms with E-state index in [1.54, 1.807) is 0 Å². The number of aryl methyl sites for hydroxylation is 1. The van der Waals surface area contributed by atoms with Crippen molar-refractivity contribution < 1.29 is 4.79 Å². The van der Waals surface area contributed by atoms with E-state index in [1.807, 2.05) is 24.0 Å². The van der Waals surface area contributed by atoms with Crippen LogP contribution in [-0.4, -0.2) is 24.0 Å². The molecule has 1 aromatic heterocycles. The van der Waals surface area contributed by atoms with Crippen molar-refractivity contribution in [3.05, 3.63) is 30.0 Å². The zero-order valence-corrected chi connectivity index (χ0v) is 10.4. The fourth-order valence-electron chi connectivity index (χ4n) is 2.62. The van der Waals surface area contributed by atoms with E-state index in [1.165, 1.54) is 0 Å². The molecule has 0 radical (unpaired) electrons. The number of rotatable bonds is 2. The number of hydrogen-bond acceptors (Lipinski definition) is 2. The van der Waals surface area contributed by atoms with Crippen molar-refractivity contribution >= 4 is 22.5 Å². The molecule has 4 heteroatoms. The van der Waals surface area contributed by atoms with Gasteiger partial charge in [-0.15, -0.1) is 0 Å². The minimum atomic E-state index is 0.178. The second kappa shape index (κ2) is 4.14. The maximum atomic E-state index is 11.9. The predicted octanol–water partition coefficient (Wildman–Crippen LogP) is 1.79. The Balaban J connectivity index is 1.96. The van der Waals surface area contributed by atoms with E-state index in [9.17, 15) is 4.79 Å². The molecular weight excluding hydrogens is 226 g/mol. The highest BCUT2D eigenvalue weighted by Gasteiger charge is 2.29. The quantitative estimate of drug-likeness (QED) is 0.844. The maximum Gasteiger partial charge on any atom is 0.227 e. The number of aromatic amines is 1. The first-order valence-corrected chi connectivity index (χ1v) is 6.27. The van der Waals surface area contributed by atoms with Crippen LogP contribution >= 0.6 is 0 Å². The third kappa shape index (κ3) is 1.78. The van der Waals surface area contributed by atoms with Gasteiger partial charge >= 0.3 is 0 Å². The zero-order chi connectivity index (χ0) is 12.7. The molecule has 2 heterocycles. The van der Waals surface area contributed by atoms with E-state index in [-0.39, 0.29) is 5.91 Å². The van der Waals surface area contributed by atoms with Gasteiger partial charge in [-0.3, -0.25) is 4.79 Å². The van der Waals surface area contributed by atoms with E-state index in [4.69, 9.17) is 5.73 Å². The lowest BCUT2D eigenvalue weighted by Crippen LogP contribution is -2.25. The van der Waals surface area contributed by atoms with Gasteiger partial charge in [0.15, 0.2) is 0 Å². The molecular formula is C14H17N3O.